The number of aliphatic hydroxyl groups excluding tert-OH is 1. The van der Waals surface area contributed by atoms with Crippen LogP contribution in [0.4, 0.5) is 11.8 Å². The van der Waals surface area contributed by atoms with E-state index in [9.17, 15) is 5.11 Å². The molecule has 1 aromatic heterocycles. The summed E-state index contributed by atoms with van der Waals surface area (Å²) in [6, 6.07) is 1.96. The third-order valence-electron chi connectivity index (χ3n) is 3.25. The second kappa shape index (κ2) is 6.54. The third kappa shape index (κ3) is 3.57. The molecule has 1 aliphatic rings. The zero-order valence-corrected chi connectivity index (χ0v) is 10.9. The van der Waals surface area contributed by atoms with Gasteiger partial charge in [-0.25, -0.2) is 4.98 Å². The Morgan fingerprint density at radius 3 is 3.00 bits per heavy atom. The molecule has 100 valence electrons. The van der Waals surface area contributed by atoms with Gasteiger partial charge in [-0.2, -0.15) is 4.98 Å². The number of hydrogen-bond acceptors (Lipinski definition) is 5. The van der Waals surface area contributed by atoms with Crippen LogP contribution in [-0.4, -0.2) is 33.8 Å². The summed E-state index contributed by atoms with van der Waals surface area (Å²) in [5, 5.41) is 16.4. The molecule has 1 saturated carbocycles. The van der Waals surface area contributed by atoms with Crippen LogP contribution in [0.3, 0.4) is 0 Å². The highest BCUT2D eigenvalue weighted by atomic mass is 16.3. The molecular weight excluding hydrogens is 228 g/mol. The molecule has 0 spiro atoms. The summed E-state index contributed by atoms with van der Waals surface area (Å²) in [7, 11) is 0. The van der Waals surface area contributed by atoms with E-state index in [1.807, 2.05) is 6.07 Å². The van der Waals surface area contributed by atoms with Crippen LogP contribution in [0, 0.1) is 0 Å². The summed E-state index contributed by atoms with van der Waals surface area (Å²) in [6.07, 6.45) is 6.69. The van der Waals surface area contributed by atoms with E-state index in [1.54, 1.807) is 6.20 Å². The number of nitrogens with zero attached hydrogens (tertiary/aromatic N) is 2. The van der Waals surface area contributed by atoms with Crippen molar-refractivity contribution in [1.82, 2.24) is 9.97 Å². The first kappa shape index (κ1) is 13.1. The zero-order valence-electron chi connectivity index (χ0n) is 10.9. The van der Waals surface area contributed by atoms with Gasteiger partial charge in [0.25, 0.3) is 0 Å². The minimum absolute atomic E-state index is 0.118. The van der Waals surface area contributed by atoms with Gasteiger partial charge in [0.1, 0.15) is 5.82 Å². The minimum Gasteiger partial charge on any atom is -0.391 e. The van der Waals surface area contributed by atoms with Crippen molar-refractivity contribution >= 4 is 11.8 Å². The fourth-order valence-corrected chi connectivity index (χ4v) is 2.23. The van der Waals surface area contributed by atoms with Gasteiger partial charge in [-0.1, -0.05) is 19.8 Å². The molecule has 18 heavy (non-hydrogen) atoms. The van der Waals surface area contributed by atoms with E-state index in [1.165, 1.54) is 6.42 Å². The number of hydrogen-bond donors (Lipinski definition) is 3. The molecule has 0 aromatic carbocycles. The molecule has 0 bridgehead atoms. The van der Waals surface area contributed by atoms with Gasteiger partial charge < -0.3 is 15.7 Å². The van der Waals surface area contributed by atoms with Crippen LogP contribution >= 0.6 is 0 Å². The van der Waals surface area contributed by atoms with E-state index < -0.39 is 0 Å². The summed E-state index contributed by atoms with van der Waals surface area (Å²) in [5.74, 6) is 1.43. The molecule has 1 heterocycles. The normalized spacial score (nSPS) is 23.7. The van der Waals surface area contributed by atoms with Crippen LogP contribution < -0.4 is 10.6 Å². The van der Waals surface area contributed by atoms with Crippen LogP contribution in [-0.2, 0) is 0 Å². The topological polar surface area (TPSA) is 70.1 Å². The quantitative estimate of drug-likeness (QED) is 0.746. The Kier molecular flexibility index (Phi) is 4.75. The lowest BCUT2D eigenvalue weighted by atomic mass is 9.93. The van der Waals surface area contributed by atoms with Gasteiger partial charge in [0.05, 0.1) is 12.1 Å². The van der Waals surface area contributed by atoms with Crippen molar-refractivity contribution in [3.63, 3.8) is 0 Å². The Balaban J connectivity index is 1.95. The second-order valence-corrected chi connectivity index (χ2v) is 4.79. The van der Waals surface area contributed by atoms with Crippen molar-refractivity contribution in [3.05, 3.63) is 12.3 Å². The van der Waals surface area contributed by atoms with Crippen LogP contribution in [0.2, 0.25) is 0 Å². The van der Waals surface area contributed by atoms with Gasteiger partial charge in [0.2, 0.25) is 5.95 Å². The Bertz CT molecular complexity index is 372. The van der Waals surface area contributed by atoms with Crippen molar-refractivity contribution in [2.75, 3.05) is 17.2 Å². The molecule has 2 unspecified atom stereocenters. The maximum Gasteiger partial charge on any atom is 0.224 e. The average molecular weight is 250 g/mol. The summed E-state index contributed by atoms with van der Waals surface area (Å²) in [4.78, 5) is 8.56. The van der Waals surface area contributed by atoms with Crippen LogP contribution in [0.25, 0.3) is 0 Å². The predicted octanol–water partition coefficient (Wildman–Crippen LogP) is 2.01. The number of nitrogens with one attached hydrogen (secondary N) is 2. The zero-order chi connectivity index (χ0) is 12.8. The van der Waals surface area contributed by atoms with Gasteiger partial charge in [-0.15, -0.1) is 0 Å². The average Bonchev–Trinajstić information content (AvgIpc) is 2.40. The van der Waals surface area contributed by atoms with Gasteiger partial charge in [0, 0.05) is 12.7 Å². The first-order valence-corrected chi connectivity index (χ1v) is 6.81. The monoisotopic (exact) mass is 250 g/mol. The number of anilines is 2. The van der Waals surface area contributed by atoms with Gasteiger partial charge in [-0.3, -0.25) is 0 Å². The highest BCUT2D eigenvalue weighted by Gasteiger charge is 2.22. The minimum atomic E-state index is -0.263. The molecule has 1 fully saturated rings. The summed E-state index contributed by atoms with van der Waals surface area (Å²) >= 11 is 0. The molecule has 5 nitrogen and oxygen atoms in total. The molecule has 2 rings (SSSR count). The highest BCUT2D eigenvalue weighted by Crippen LogP contribution is 2.21. The number of aliphatic hydroxyl groups is 1. The van der Waals surface area contributed by atoms with Gasteiger partial charge in [-0.05, 0) is 25.3 Å². The lowest BCUT2D eigenvalue weighted by Crippen LogP contribution is -2.36. The van der Waals surface area contributed by atoms with Gasteiger partial charge in [0.15, 0.2) is 0 Å². The Hall–Kier alpha value is -1.36. The Morgan fingerprint density at radius 1 is 1.39 bits per heavy atom. The predicted molar refractivity (Wildman–Crippen MR) is 72.7 cm³/mol. The molecule has 0 saturated heterocycles. The molecule has 0 radical (unpaired) electrons. The first-order chi connectivity index (χ1) is 8.79. The number of rotatable bonds is 5. The van der Waals surface area contributed by atoms with Crippen molar-refractivity contribution in [2.24, 2.45) is 0 Å². The van der Waals surface area contributed by atoms with E-state index in [0.717, 1.165) is 38.0 Å². The van der Waals surface area contributed by atoms with E-state index in [2.05, 4.69) is 27.5 Å². The smallest absolute Gasteiger partial charge is 0.224 e. The van der Waals surface area contributed by atoms with E-state index >= 15 is 0 Å². The van der Waals surface area contributed by atoms with Crippen LogP contribution in [0.5, 0.6) is 0 Å². The summed E-state index contributed by atoms with van der Waals surface area (Å²) in [6.45, 7) is 2.98. The van der Waals surface area contributed by atoms with Crippen LogP contribution in [0.15, 0.2) is 12.3 Å². The standard InChI is InChI=1S/C13H22N4O/c1-2-8-14-13-15-9-7-12(17-13)16-10-5-3-4-6-11(10)18/h7,9-11,18H,2-6,8H2,1H3,(H2,14,15,16,17). The summed E-state index contributed by atoms with van der Waals surface area (Å²) in [5.41, 5.74) is 0. The van der Waals surface area contributed by atoms with Crippen molar-refractivity contribution in [1.29, 1.82) is 0 Å². The fourth-order valence-electron chi connectivity index (χ4n) is 2.23. The van der Waals surface area contributed by atoms with Crippen molar-refractivity contribution < 1.29 is 5.11 Å². The third-order valence-corrected chi connectivity index (χ3v) is 3.25. The Morgan fingerprint density at radius 2 is 2.22 bits per heavy atom. The SMILES string of the molecule is CCCNc1nccc(NC2CCCCC2O)n1. The van der Waals surface area contributed by atoms with Gasteiger partial charge >= 0.3 is 0 Å². The second-order valence-electron chi connectivity index (χ2n) is 4.79. The van der Waals surface area contributed by atoms with E-state index in [-0.39, 0.29) is 12.1 Å². The number of aromatic nitrogens is 2. The van der Waals surface area contributed by atoms with E-state index in [4.69, 9.17) is 0 Å². The van der Waals surface area contributed by atoms with E-state index in [0.29, 0.717) is 5.95 Å². The lowest BCUT2D eigenvalue weighted by Gasteiger charge is -2.28. The molecule has 5 heteroatoms. The van der Waals surface area contributed by atoms with Crippen molar-refractivity contribution in [3.8, 4) is 0 Å². The molecule has 0 amide bonds. The lowest BCUT2D eigenvalue weighted by molar-refractivity contribution is 0.116. The Labute approximate surface area is 108 Å². The van der Waals surface area contributed by atoms with Crippen molar-refractivity contribution in [2.45, 2.75) is 51.2 Å². The maximum atomic E-state index is 9.92. The molecule has 1 aromatic rings. The van der Waals surface area contributed by atoms with Crippen LogP contribution in [0.1, 0.15) is 39.0 Å². The maximum absolute atomic E-state index is 9.92. The largest absolute Gasteiger partial charge is 0.391 e. The molecule has 3 N–H and O–H groups in total. The molecular formula is C13H22N4O. The molecule has 2 atom stereocenters. The molecule has 1 aliphatic carbocycles. The summed E-state index contributed by atoms with van der Waals surface area (Å²) < 4.78 is 0. The first-order valence-electron chi connectivity index (χ1n) is 6.81. The fraction of sp³-hybridized carbons (Fsp3) is 0.692. The highest BCUT2D eigenvalue weighted by molar-refractivity contribution is 5.40. The molecule has 0 aliphatic heterocycles.